The molecule has 2 nitrogen and oxygen atoms in total. The van der Waals surface area contributed by atoms with Crippen LogP contribution in [-0.2, 0) is 0 Å². The Labute approximate surface area is 93.0 Å². The summed E-state index contributed by atoms with van der Waals surface area (Å²) in [6.45, 7) is 4.50. The lowest BCUT2D eigenvalue weighted by atomic mass is 10.1. The maximum atomic E-state index is 9.76. The Kier molecular flexibility index (Phi) is 4.42. The van der Waals surface area contributed by atoms with Crippen LogP contribution in [0, 0.1) is 0 Å². The molecular weight excluding hydrogens is 244 g/mol. The van der Waals surface area contributed by atoms with Gasteiger partial charge in [-0.3, -0.25) is 0 Å². The van der Waals surface area contributed by atoms with Gasteiger partial charge in [-0.1, -0.05) is 22.9 Å². The highest BCUT2D eigenvalue weighted by Crippen LogP contribution is 2.30. The highest BCUT2D eigenvalue weighted by atomic mass is 79.9. The third-order valence-corrected chi connectivity index (χ3v) is 2.51. The van der Waals surface area contributed by atoms with Gasteiger partial charge in [0.05, 0.1) is 12.7 Å². The van der Waals surface area contributed by atoms with Crippen LogP contribution in [0.25, 0.3) is 0 Å². The molecule has 1 aromatic carbocycles. The summed E-state index contributed by atoms with van der Waals surface area (Å²) in [6, 6.07) is 5.69. The van der Waals surface area contributed by atoms with Crippen LogP contribution in [0.4, 0.5) is 0 Å². The Bertz CT molecular complexity index is 299. The minimum Gasteiger partial charge on any atom is -0.493 e. The molecule has 0 aliphatic carbocycles. The summed E-state index contributed by atoms with van der Waals surface area (Å²) in [5, 5.41) is 9.76. The first-order chi connectivity index (χ1) is 6.69. The SMILES string of the molecule is CCOc1ccc(Br)cc1[C@H](O)CC. The van der Waals surface area contributed by atoms with E-state index in [1.807, 2.05) is 32.0 Å². The van der Waals surface area contributed by atoms with Crippen molar-refractivity contribution in [2.24, 2.45) is 0 Å². The lowest BCUT2D eigenvalue weighted by Crippen LogP contribution is -2.01. The van der Waals surface area contributed by atoms with Crippen molar-refractivity contribution in [3.63, 3.8) is 0 Å². The van der Waals surface area contributed by atoms with E-state index in [1.165, 1.54) is 0 Å². The Balaban J connectivity index is 3.02. The first-order valence-corrected chi connectivity index (χ1v) is 5.58. The molecule has 0 aliphatic heterocycles. The Morgan fingerprint density at radius 3 is 2.71 bits per heavy atom. The van der Waals surface area contributed by atoms with E-state index < -0.39 is 6.10 Å². The fourth-order valence-corrected chi connectivity index (χ4v) is 1.67. The van der Waals surface area contributed by atoms with Crippen LogP contribution in [0.5, 0.6) is 5.75 Å². The van der Waals surface area contributed by atoms with E-state index in [9.17, 15) is 5.11 Å². The van der Waals surface area contributed by atoms with Gasteiger partial charge in [-0.15, -0.1) is 0 Å². The number of benzene rings is 1. The molecule has 0 spiro atoms. The van der Waals surface area contributed by atoms with Gasteiger partial charge < -0.3 is 9.84 Å². The Morgan fingerprint density at radius 1 is 1.43 bits per heavy atom. The summed E-state index contributed by atoms with van der Waals surface area (Å²) in [7, 11) is 0. The third-order valence-electron chi connectivity index (χ3n) is 2.02. The van der Waals surface area contributed by atoms with Crippen molar-refractivity contribution >= 4 is 15.9 Å². The van der Waals surface area contributed by atoms with E-state index in [0.29, 0.717) is 13.0 Å². The standard InChI is InChI=1S/C11H15BrO2/c1-3-10(13)9-7-8(12)5-6-11(9)14-4-2/h5-7,10,13H,3-4H2,1-2H3/t10-/m1/s1. The first-order valence-electron chi connectivity index (χ1n) is 4.79. The maximum absolute atomic E-state index is 9.76. The molecule has 0 heterocycles. The fourth-order valence-electron chi connectivity index (χ4n) is 1.29. The predicted molar refractivity (Wildman–Crippen MR) is 60.6 cm³/mol. The summed E-state index contributed by atoms with van der Waals surface area (Å²) in [5.41, 5.74) is 0.851. The smallest absolute Gasteiger partial charge is 0.125 e. The molecule has 0 aliphatic rings. The van der Waals surface area contributed by atoms with Gasteiger partial charge >= 0.3 is 0 Å². The zero-order valence-corrected chi connectivity index (χ0v) is 10.0. The van der Waals surface area contributed by atoms with Crippen molar-refractivity contribution in [1.29, 1.82) is 0 Å². The number of ether oxygens (including phenoxy) is 1. The molecule has 1 atom stereocenters. The van der Waals surface area contributed by atoms with E-state index in [1.54, 1.807) is 0 Å². The van der Waals surface area contributed by atoms with Crippen molar-refractivity contribution in [3.05, 3.63) is 28.2 Å². The third kappa shape index (κ3) is 2.72. The molecule has 3 heteroatoms. The molecule has 0 saturated carbocycles. The maximum Gasteiger partial charge on any atom is 0.125 e. The lowest BCUT2D eigenvalue weighted by molar-refractivity contribution is 0.167. The molecule has 0 radical (unpaired) electrons. The van der Waals surface area contributed by atoms with Crippen LogP contribution >= 0.6 is 15.9 Å². The van der Waals surface area contributed by atoms with Gasteiger partial charge in [0, 0.05) is 10.0 Å². The van der Waals surface area contributed by atoms with Gasteiger partial charge in [-0.2, -0.15) is 0 Å². The topological polar surface area (TPSA) is 29.5 Å². The molecular formula is C11H15BrO2. The van der Waals surface area contributed by atoms with Crippen LogP contribution in [0.3, 0.4) is 0 Å². The molecule has 0 fully saturated rings. The second kappa shape index (κ2) is 5.37. The van der Waals surface area contributed by atoms with E-state index in [0.717, 1.165) is 15.8 Å². The largest absolute Gasteiger partial charge is 0.493 e. The minimum atomic E-state index is -0.450. The minimum absolute atomic E-state index is 0.450. The number of aliphatic hydroxyl groups excluding tert-OH is 1. The van der Waals surface area contributed by atoms with Crippen molar-refractivity contribution in [2.75, 3.05) is 6.61 Å². The van der Waals surface area contributed by atoms with Gasteiger partial charge in [0.2, 0.25) is 0 Å². The van der Waals surface area contributed by atoms with Crippen molar-refractivity contribution in [2.45, 2.75) is 26.4 Å². The van der Waals surface area contributed by atoms with Crippen LogP contribution in [-0.4, -0.2) is 11.7 Å². The number of hydrogen-bond donors (Lipinski definition) is 1. The summed E-state index contributed by atoms with van der Waals surface area (Å²) in [6.07, 6.45) is 0.241. The van der Waals surface area contributed by atoms with Crippen molar-refractivity contribution in [1.82, 2.24) is 0 Å². The summed E-state index contributed by atoms with van der Waals surface area (Å²) in [4.78, 5) is 0. The van der Waals surface area contributed by atoms with Crippen molar-refractivity contribution in [3.8, 4) is 5.75 Å². The van der Waals surface area contributed by atoms with E-state index in [-0.39, 0.29) is 0 Å². The molecule has 0 saturated heterocycles. The molecule has 0 aromatic heterocycles. The predicted octanol–water partition coefficient (Wildman–Crippen LogP) is 3.29. The number of aliphatic hydroxyl groups is 1. The fraction of sp³-hybridized carbons (Fsp3) is 0.455. The van der Waals surface area contributed by atoms with Gasteiger partial charge in [-0.05, 0) is 31.5 Å². The molecule has 0 amide bonds. The summed E-state index contributed by atoms with van der Waals surface area (Å²) < 4.78 is 6.40. The molecule has 1 aromatic rings. The average molecular weight is 259 g/mol. The molecule has 0 bridgehead atoms. The number of halogens is 1. The second-order valence-electron chi connectivity index (χ2n) is 3.04. The highest BCUT2D eigenvalue weighted by Gasteiger charge is 2.11. The molecule has 78 valence electrons. The normalized spacial score (nSPS) is 12.6. The zero-order valence-electron chi connectivity index (χ0n) is 8.46. The summed E-state index contributed by atoms with van der Waals surface area (Å²) in [5.74, 6) is 0.769. The summed E-state index contributed by atoms with van der Waals surface area (Å²) >= 11 is 3.38. The van der Waals surface area contributed by atoms with Crippen LogP contribution in [0.15, 0.2) is 22.7 Å². The highest BCUT2D eigenvalue weighted by molar-refractivity contribution is 9.10. The van der Waals surface area contributed by atoms with Crippen LogP contribution in [0.2, 0.25) is 0 Å². The molecule has 1 rings (SSSR count). The van der Waals surface area contributed by atoms with Crippen LogP contribution in [0.1, 0.15) is 31.9 Å². The lowest BCUT2D eigenvalue weighted by Gasteiger charge is -2.14. The molecule has 14 heavy (non-hydrogen) atoms. The van der Waals surface area contributed by atoms with Crippen molar-refractivity contribution < 1.29 is 9.84 Å². The van der Waals surface area contributed by atoms with Gasteiger partial charge in [-0.25, -0.2) is 0 Å². The molecule has 1 N–H and O–H groups in total. The first kappa shape index (κ1) is 11.5. The second-order valence-corrected chi connectivity index (χ2v) is 3.95. The van der Waals surface area contributed by atoms with Gasteiger partial charge in [0.25, 0.3) is 0 Å². The Hall–Kier alpha value is -0.540. The average Bonchev–Trinajstić information content (AvgIpc) is 2.20. The van der Waals surface area contributed by atoms with E-state index in [2.05, 4.69) is 15.9 Å². The van der Waals surface area contributed by atoms with Crippen LogP contribution < -0.4 is 4.74 Å². The van der Waals surface area contributed by atoms with E-state index >= 15 is 0 Å². The number of rotatable bonds is 4. The Morgan fingerprint density at radius 2 is 2.14 bits per heavy atom. The molecule has 0 unspecified atom stereocenters. The van der Waals surface area contributed by atoms with Gasteiger partial charge in [0.1, 0.15) is 5.75 Å². The quantitative estimate of drug-likeness (QED) is 0.899. The number of hydrogen-bond acceptors (Lipinski definition) is 2. The zero-order chi connectivity index (χ0) is 10.6. The monoisotopic (exact) mass is 258 g/mol. The van der Waals surface area contributed by atoms with Gasteiger partial charge in [0.15, 0.2) is 0 Å². The van der Waals surface area contributed by atoms with E-state index in [4.69, 9.17) is 4.74 Å².